The van der Waals surface area contributed by atoms with Crippen LogP contribution in [-0.2, 0) is 4.74 Å². The van der Waals surface area contributed by atoms with Crippen LogP contribution in [0.2, 0.25) is 0 Å². The molecule has 0 amide bonds. The predicted molar refractivity (Wildman–Crippen MR) is 74.5 cm³/mol. The normalized spacial score (nSPS) is 29.8. The molecule has 2 fully saturated rings. The van der Waals surface area contributed by atoms with E-state index in [4.69, 9.17) is 10.6 Å². The monoisotopic (exact) mass is 270 g/mol. The van der Waals surface area contributed by atoms with Gasteiger partial charge in [0.2, 0.25) is 0 Å². The molecule has 2 heterocycles. The van der Waals surface area contributed by atoms with Crippen LogP contribution in [0.4, 0.5) is 4.39 Å². The Balaban J connectivity index is 1.97. The first-order valence-electron chi connectivity index (χ1n) is 6.91. The summed E-state index contributed by atoms with van der Waals surface area (Å²) in [6, 6.07) is 0.111. The third-order valence-corrected chi connectivity index (χ3v) is 3.92. The number of piperidine rings is 1. The fraction of sp³-hybridized carbons (Fsp3) is 0.846. The van der Waals surface area contributed by atoms with E-state index in [0.29, 0.717) is 19.4 Å². The van der Waals surface area contributed by atoms with Crippen molar-refractivity contribution in [1.29, 1.82) is 0 Å². The highest BCUT2D eigenvalue weighted by Gasteiger charge is 2.38. The van der Waals surface area contributed by atoms with Crippen molar-refractivity contribution < 1.29 is 9.13 Å². The van der Waals surface area contributed by atoms with E-state index >= 15 is 0 Å². The van der Waals surface area contributed by atoms with Crippen molar-refractivity contribution in [3.63, 3.8) is 0 Å². The molecule has 0 aromatic carbocycles. The smallest absolute Gasteiger partial charge is 0.158 e. The van der Waals surface area contributed by atoms with Gasteiger partial charge in [-0.25, -0.2) is 4.39 Å². The van der Waals surface area contributed by atoms with E-state index in [1.54, 1.807) is 0 Å². The number of nitrogens with two attached hydrogens (primary N) is 1. The van der Waals surface area contributed by atoms with Gasteiger partial charge in [-0.3, -0.25) is 4.99 Å². The minimum Gasteiger partial charge on any atom is -0.379 e. The van der Waals surface area contributed by atoms with E-state index in [2.05, 4.69) is 15.0 Å². The van der Waals surface area contributed by atoms with Crippen LogP contribution in [0.3, 0.4) is 0 Å². The number of rotatable bonds is 3. The second-order valence-corrected chi connectivity index (χ2v) is 5.43. The first-order valence-corrected chi connectivity index (χ1v) is 6.91. The van der Waals surface area contributed by atoms with E-state index in [-0.39, 0.29) is 11.8 Å². The molecule has 2 aliphatic rings. The highest BCUT2D eigenvalue weighted by atomic mass is 19.1. The van der Waals surface area contributed by atoms with Crippen LogP contribution in [0.1, 0.15) is 25.7 Å². The van der Waals surface area contributed by atoms with Crippen LogP contribution < -0.4 is 5.84 Å². The first kappa shape index (κ1) is 14.4. The zero-order valence-corrected chi connectivity index (χ0v) is 11.5. The molecule has 2 saturated heterocycles. The maximum atomic E-state index is 14.8. The molecule has 0 radical (unpaired) electrons. The van der Waals surface area contributed by atoms with E-state index in [1.807, 2.05) is 7.05 Å². The van der Waals surface area contributed by atoms with Crippen LogP contribution in [0.15, 0.2) is 10.1 Å². The number of likely N-dealkylation sites (tertiary alicyclic amines) is 1. The molecule has 0 spiro atoms. The van der Waals surface area contributed by atoms with E-state index in [1.165, 1.54) is 6.21 Å². The summed E-state index contributed by atoms with van der Waals surface area (Å²) in [5.74, 6) is 5.35. The number of alkyl halides is 1. The van der Waals surface area contributed by atoms with Gasteiger partial charge in [0.15, 0.2) is 5.67 Å². The van der Waals surface area contributed by atoms with Crippen molar-refractivity contribution >= 4 is 11.9 Å². The lowest BCUT2D eigenvalue weighted by Gasteiger charge is -2.34. The molecule has 2 rings (SSSR count). The maximum Gasteiger partial charge on any atom is 0.158 e. The van der Waals surface area contributed by atoms with Crippen LogP contribution in [0.25, 0.3) is 0 Å². The standard InChI is InChI=1S/C13H23FN4O/c1-18-6-4-13(14,5-7-18)12(17-15)9-16-11-3-2-8-19-10-11/h9,11H,2-8,10,15H2,1H3/b16-9?,17-12+/t11-/m0/s1. The molecule has 0 aromatic heterocycles. The molecule has 6 heteroatoms. The number of hydrazone groups is 1. The summed E-state index contributed by atoms with van der Waals surface area (Å²) in [5, 5.41) is 3.63. The summed E-state index contributed by atoms with van der Waals surface area (Å²) >= 11 is 0. The number of aliphatic imine (C=N–C) groups is 1. The zero-order valence-electron chi connectivity index (χ0n) is 11.5. The van der Waals surface area contributed by atoms with Crippen molar-refractivity contribution in [1.82, 2.24) is 4.90 Å². The molecular weight excluding hydrogens is 247 g/mol. The Morgan fingerprint density at radius 3 is 2.79 bits per heavy atom. The Morgan fingerprint density at radius 1 is 1.47 bits per heavy atom. The Hall–Kier alpha value is -1.01. The van der Waals surface area contributed by atoms with Crippen LogP contribution >= 0.6 is 0 Å². The summed E-state index contributed by atoms with van der Waals surface area (Å²) in [5.41, 5.74) is -1.16. The fourth-order valence-corrected chi connectivity index (χ4v) is 2.51. The molecule has 0 saturated carbocycles. The number of hydrogen-bond acceptors (Lipinski definition) is 5. The third-order valence-electron chi connectivity index (χ3n) is 3.92. The molecule has 0 aromatic rings. The lowest BCUT2D eigenvalue weighted by Crippen LogP contribution is -2.46. The fourth-order valence-electron chi connectivity index (χ4n) is 2.51. The van der Waals surface area contributed by atoms with Gasteiger partial charge in [-0.1, -0.05) is 0 Å². The molecule has 2 N–H and O–H groups in total. The minimum atomic E-state index is -1.43. The molecule has 19 heavy (non-hydrogen) atoms. The van der Waals surface area contributed by atoms with Crippen molar-refractivity contribution in [3.8, 4) is 0 Å². The number of hydrogen-bond donors (Lipinski definition) is 1. The molecule has 108 valence electrons. The first-order chi connectivity index (χ1) is 9.14. The minimum absolute atomic E-state index is 0.111. The van der Waals surface area contributed by atoms with Gasteiger partial charge in [-0.2, -0.15) is 5.10 Å². The molecule has 1 atom stereocenters. The summed E-state index contributed by atoms with van der Waals surface area (Å²) in [4.78, 5) is 6.49. The molecule has 0 unspecified atom stereocenters. The van der Waals surface area contributed by atoms with E-state index in [9.17, 15) is 4.39 Å². The van der Waals surface area contributed by atoms with Gasteiger partial charge in [0, 0.05) is 38.8 Å². The Bertz CT molecular complexity index is 345. The molecule has 5 nitrogen and oxygen atoms in total. The SMILES string of the molecule is CN1CCC(F)(/C(C=N[C@H]2CCCOC2)=N/N)CC1. The number of nitrogens with zero attached hydrogens (tertiary/aromatic N) is 3. The second kappa shape index (κ2) is 6.43. The van der Waals surface area contributed by atoms with Crippen LogP contribution in [-0.4, -0.2) is 61.9 Å². The van der Waals surface area contributed by atoms with Gasteiger partial charge in [-0.05, 0) is 19.9 Å². The van der Waals surface area contributed by atoms with Crippen molar-refractivity contribution in [2.24, 2.45) is 15.9 Å². The summed E-state index contributed by atoms with van der Waals surface area (Å²) in [7, 11) is 1.99. The quantitative estimate of drug-likeness (QED) is 0.472. The van der Waals surface area contributed by atoms with Crippen molar-refractivity contribution in [3.05, 3.63) is 0 Å². The molecular formula is C13H23FN4O. The van der Waals surface area contributed by atoms with Crippen molar-refractivity contribution in [2.75, 3.05) is 33.4 Å². The van der Waals surface area contributed by atoms with Crippen LogP contribution in [0, 0.1) is 0 Å². The zero-order chi connectivity index (χ0) is 13.7. The van der Waals surface area contributed by atoms with Gasteiger partial charge in [0.05, 0.1) is 12.6 Å². The highest BCUT2D eigenvalue weighted by molar-refractivity contribution is 6.34. The molecule has 0 bridgehead atoms. The van der Waals surface area contributed by atoms with Crippen molar-refractivity contribution in [2.45, 2.75) is 37.4 Å². The van der Waals surface area contributed by atoms with Gasteiger partial charge >= 0.3 is 0 Å². The van der Waals surface area contributed by atoms with Gasteiger partial charge in [0.1, 0.15) is 5.71 Å². The Morgan fingerprint density at radius 2 is 2.21 bits per heavy atom. The summed E-state index contributed by atoms with van der Waals surface area (Å²) in [6.45, 7) is 2.84. The van der Waals surface area contributed by atoms with E-state index < -0.39 is 5.67 Å². The number of ether oxygens (including phenoxy) is 1. The lowest BCUT2D eigenvalue weighted by atomic mass is 9.89. The van der Waals surface area contributed by atoms with E-state index in [0.717, 1.165) is 32.5 Å². The molecule has 2 aliphatic heterocycles. The predicted octanol–water partition coefficient (Wildman–Crippen LogP) is 0.985. The second-order valence-electron chi connectivity index (χ2n) is 5.43. The topological polar surface area (TPSA) is 63.2 Å². The van der Waals surface area contributed by atoms with Gasteiger partial charge in [-0.15, -0.1) is 0 Å². The number of halogens is 1. The molecule has 0 aliphatic carbocycles. The average molecular weight is 270 g/mol. The maximum absolute atomic E-state index is 14.8. The summed E-state index contributed by atoms with van der Waals surface area (Å²) < 4.78 is 20.2. The van der Waals surface area contributed by atoms with Gasteiger partial charge in [0.25, 0.3) is 0 Å². The van der Waals surface area contributed by atoms with Gasteiger partial charge < -0.3 is 15.5 Å². The summed E-state index contributed by atoms with van der Waals surface area (Å²) in [6.07, 6.45) is 4.35. The Labute approximate surface area is 113 Å². The third kappa shape index (κ3) is 3.73. The lowest BCUT2D eigenvalue weighted by molar-refractivity contribution is 0.0830. The van der Waals surface area contributed by atoms with Crippen LogP contribution in [0.5, 0.6) is 0 Å². The highest BCUT2D eigenvalue weighted by Crippen LogP contribution is 2.27. The average Bonchev–Trinajstić information content (AvgIpc) is 2.44. The Kier molecular flexibility index (Phi) is 4.87. The largest absolute Gasteiger partial charge is 0.379 e.